The van der Waals surface area contributed by atoms with Gasteiger partial charge in [-0.15, -0.1) is 0 Å². The van der Waals surface area contributed by atoms with Gasteiger partial charge in [-0.2, -0.15) is 0 Å². The smallest absolute Gasteiger partial charge is 0.329 e. The summed E-state index contributed by atoms with van der Waals surface area (Å²) in [5.41, 5.74) is 1.48. The quantitative estimate of drug-likeness (QED) is 0.702. The number of hydrogen-bond donors (Lipinski definition) is 2. The van der Waals surface area contributed by atoms with Crippen molar-refractivity contribution in [3.05, 3.63) is 66.2 Å². The Balaban J connectivity index is 1.85. The Kier molecular flexibility index (Phi) is 7.55. The van der Waals surface area contributed by atoms with Gasteiger partial charge in [-0.1, -0.05) is 62.4 Å². The van der Waals surface area contributed by atoms with E-state index in [1.165, 1.54) is 0 Å². The lowest BCUT2D eigenvalue weighted by molar-refractivity contribution is -0.151. The molecule has 0 radical (unpaired) electrons. The lowest BCUT2D eigenvalue weighted by Crippen LogP contribution is -2.46. The van der Waals surface area contributed by atoms with Gasteiger partial charge < -0.3 is 15.4 Å². The molecule has 0 aromatic heterocycles. The molecule has 0 fully saturated rings. The van der Waals surface area contributed by atoms with E-state index < -0.39 is 24.5 Å². The highest BCUT2D eigenvalue weighted by Gasteiger charge is 2.26. The van der Waals surface area contributed by atoms with Gasteiger partial charge in [0.25, 0.3) is 5.91 Å². The first-order valence-electron chi connectivity index (χ1n) is 8.80. The zero-order chi connectivity index (χ0) is 19.6. The number of esters is 1. The van der Waals surface area contributed by atoms with Crippen LogP contribution in [0.3, 0.4) is 0 Å². The van der Waals surface area contributed by atoms with Crippen molar-refractivity contribution in [2.45, 2.75) is 26.3 Å². The first-order chi connectivity index (χ1) is 13.0. The third-order valence-corrected chi connectivity index (χ3v) is 3.85. The summed E-state index contributed by atoms with van der Waals surface area (Å²) in [4.78, 5) is 36.4. The lowest BCUT2D eigenvalue weighted by Gasteiger charge is -2.20. The van der Waals surface area contributed by atoms with Crippen molar-refractivity contribution in [3.63, 3.8) is 0 Å². The number of ether oxygens (including phenoxy) is 1. The Morgan fingerprint density at radius 1 is 0.889 bits per heavy atom. The molecule has 0 aliphatic heterocycles. The number of carbonyl (C=O) groups excluding carboxylic acids is 3. The lowest BCUT2D eigenvalue weighted by atomic mass is 10.0. The van der Waals surface area contributed by atoms with Gasteiger partial charge in [-0.3, -0.25) is 9.59 Å². The SMILES string of the molecule is CC(C)[C@H](NC(=O)Cc1ccccc1)C(=O)OCC(=O)Nc1ccccc1. The normalized spacial score (nSPS) is 11.5. The van der Waals surface area contributed by atoms with Gasteiger partial charge in [-0.05, 0) is 23.6 Å². The van der Waals surface area contributed by atoms with Gasteiger partial charge in [0.2, 0.25) is 5.91 Å². The molecule has 0 saturated heterocycles. The minimum atomic E-state index is -0.814. The summed E-state index contributed by atoms with van der Waals surface area (Å²) >= 11 is 0. The summed E-state index contributed by atoms with van der Waals surface area (Å²) in [5, 5.41) is 5.33. The van der Waals surface area contributed by atoms with Crippen molar-refractivity contribution in [1.29, 1.82) is 0 Å². The van der Waals surface area contributed by atoms with Crippen LogP contribution in [0.4, 0.5) is 5.69 Å². The summed E-state index contributed by atoms with van der Waals surface area (Å²) in [5.74, 6) is -1.51. The molecular formula is C21H24N2O4. The van der Waals surface area contributed by atoms with Crippen LogP contribution in [0.15, 0.2) is 60.7 Å². The van der Waals surface area contributed by atoms with Crippen LogP contribution in [0.5, 0.6) is 0 Å². The van der Waals surface area contributed by atoms with E-state index in [0.29, 0.717) is 5.69 Å². The molecule has 2 amide bonds. The zero-order valence-corrected chi connectivity index (χ0v) is 15.5. The highest BCUT2D eigenvalue weighted by atomic mass is 16.5. The van der Waals surface area contributed by atoms with Crippen molar-refractivity contribution >= 4 is 23.5 Å². The second-order valence-electron chi connectivity index (χ2n) is 6.47. The van der Waals surface area contributed by atoms with E-state index in [1.54, 1.807) is 38.1 Å². The maximum atomic E-state index is 12.3. The maximum absolute atomic E-state index is 12.3. The largest absolute Gasteiger partial charge is 0.454 e. The molecule has 1 atom stereocenters. The van der Waals surface area contributed by atoms with Crippen molar-refractivity contribution in [2.75, 3.05) is 11.9 Å². The van der Waals surface area contributed by atoms with Gasteiger partial charge in [0.15, 0.2) is 6.61 Å². The summed E-state index contributed by atoms with van der Waals surface area (Å²) in [7, 11) is 0. The molecule has 2 N–H and O–H groups in total. The second kappa shape index (κ2) is 10.1. The maximum Gasteiger partial charge on any atom is 0.329 e. The summed E-state index contributed by atoms with van der Waals surface area (Å²) in [6.07, 6.45) is 0.172. The van der Waals surface area contributed by atoms with Crippen LogP contribution < -0.4 is 10.6 Å². The highest BCUT2D eigenvalue weighted by molar-refractivity contribution is 5.93. The van der Waals surface area contributed by atoms with Crippen LogP contribution in [0.1, 0.15) is 19.4 Å². The Morgan fingerprint density at radius 2 is 1.48 bits per heavy atom. The van der Waals surface area contributed by atoms with E-state index in [2.05, 4.69) is 10.6 Å². The molecule has 0 heterocycles. The number of nitrogens with one attached hydrogen (secondary N) is 2. The molecule has 0 bridgehead atoms. The summed E-state index contributed by atoms with van der Waals surface area (Å²) < 4.78 is 5.08. The Morgan fingerprint density at radius 3 is 2.07 bits per heavy atom. The standard InChI is InChI=1S/C21H24N2O4/c1-15(2)20(23-18(24)13-16-9-5-3-6-10-16)21(26)27-14-19(25)22-17-11-7-4-8-12-17/h3-12,15,20H,13-14H2,1-2H3,(H,22,25)(H,23,24)/t20-/m0/s1. The van der Waals surface area contributed by atoms with Gasteiger partial charge in [0.1, 0.15) is 6.04 Å². The first-order valence-corrected chi connectivity index (χ1v) is 8.80. The monoisotopic (exact) mass is 368 g/mol. The first kappa shape index (κ1) is 20.2. The Bertz CT molecular complexity index is 760. The fourth-order valence-electron chi connectivity index (χ4n) is 2.45. The molecule has 6 nitrogen and oxygen atoms in total. The van der Waals surface area contributed by atoms with Crippen LogP contribution in [0.2, 0.25) is 0 Å². The molecule has 0 saturated carbocycles. The molecule has 2 aromatic carbocycles. The molecule has 142 valence electrons. The molecule has 0 aliphatic carbocycles. The van der Waals surface area contributed by atoms with Crippen LogP contribution in [0, 0.1) is 5.92 Å². The van der Waals surface area contributed by atoms with Gasteiger partial charge in [0.05, 0.1) is 6.42 Å². The fraction of sp³-hybridized carbons (Fsp3) is 0.286. The van der Waals surface area contributed by atoms with Crippen molar-refractivity contribution in [2.24, 2.45) is 5.92 Å². The third kappa shape index (κ3) is 6.93. The molecule has 2 rings (SSSR count). The van der Waals surface area contributed by atoms with Crippen LogP contribution >= 0.6 is 0 Å². The number of benzene rings is 2. The van der Waals surface area contributed by atoms with E-state index in [1.807, 2.05) is 36.4 Å². The number of rotatable bonds is 8. The molecular weight excluding hydrogens is 344 g/mol. The molecule has 2 aromatic rings. The topological polar surface area (TPSA) is 84.5 Å². The van der Waals surface area contributed by atoms with E-state index in [9.17, 15) is 14.4 Å². The average Bonchev–Trinajstić information content (AvgIpc) is 2.65. The zero-order valence-electron chi connectivity index (χ0n) is 15.5. The molecule has 0 spiro atoms. The predicted octanol–water partition coefficient (Wildman–Crippen LogP) is 2.55. The minimum Gasteiger partial charge on any atom is -0.454 e. The van der Waals surface area contributed by atoms with E-state index >= 15 is 0 Å². The number of anilines is 1. The molecule has 6 heteroatoms. The molecule has 0 unspecified atom stereocenters. The van der Waals surface area contributed by atoms with Crippen molar-refractivity contribution in [1.82, 2.24) is 5.32 Å². The minimum absolute atomic E-state index is 0.172. The van der Waals surface area contributed by atoms with E-state index in [-0.39, 0.29) is 18.2 Å². The molecule has 0 aliphatic rings. The van der Waals surface area contributed by atoms with E-state index in [0.717, 1.165) is 5.56 Å². The van der Waals surface area contributed by atoms with Crippen molar-refractivity contribution < 1.29 is 19.1 Å². The highest BCUT2D eigenvalue weighted by Crippen LogP contribution is 2.07. The second-order valence-corrected chi connectivity index (χ2v) is 6.47. The van der Waals surface area contributed by atoms with Crippen molar-refractivity contribution in [3.8, 4) is 0 Å². The Labute approximate surface area is 158 Å². The van der Waals surface area contributed by atoms with Gasteiger partial charge in [0, 0.05) is 5.69 Å². The fourth-order valence-corrected chi connectivity index (χ4v) is 2.45. The number of carbonyl (C=O) groups is 3. The summed E-state index contributed by atoms with van der Waals surface area (Å²) in [6, 6.07) is 17.3. The average molecular weight is 368 g/mol. The number of amides is 2. The van der Waals surface area contributed by atoms with Gasteiger partial charge in [-0.25, -0.2) is 4.79 Å². The van der Waals surface area contributed by atoms with Crippen LogP contribution in [-0.4, -0.2) is 30.4 Å². The van der Waals surface area contributed by atoms with Gasteiger partial charge >= 0.3 is 5.97 Å². The van der Waals surface area contributed by atoms with Crippen LogP contribution in [0.25, 0.3) is 0 Å². The van der Waals surface area contributed by atoms with Crippen LogP contribution in [-0.2, 0) is 25.5 Å². The summed E-state index contributed by atoms with van der Waals surface area (Å²) in [6.45, 7) is 3.20. The van der Waals surface area contributed by atoms with E-state index in [4.69, 9.17) is 4.74 Å². The molecule has 27 heavy (non-hydrogen) atoms. The third-order valence-electron chi connectivity index (χ3n) is 3.85. The Hall–Kier alpha value is -3.15. The number of hydrogen-bond acceptors (Lipinski definition) is 4. The predicted molar refractivity (Wildman–Crippen MR) is 103 cm³/mol. The number of para-hydroxylation sites is 1.